The van der Waals surface area contributed by atoms with E-state index >= 15 is 0 Å². The first-order valence-electron chi connectivity index (χ1n) is 6.65. The maximum absolute atomic E-state index is 6.14. The van der Waals surface area contributed by atoms with Crippen molar-refractivity contribution in [1.29, 1.82) is 0 Å². The molecule has 20 heavy (non-hydrogen) atoms. The minimum absolute atomic E-state index is 0.614. The summed E-state index contributed by atoms with van der Waals surface area (Å²) in [6.45, 7) is 16.3. The van der Waals surface area contributed by atoms with Gasteiger partial charge in [0.2, 0.25) is 0 Å². The minimum atomic E-state index is 0.614. The Labute approximate surface area is 122 Å². The van der Waals surface area contributed by atoms with Crippen molar-refractivity contribution in [2.75, 3.05) is 18.5 Å². The van der Waals surface area contributed by atoms with Gasteiger partial charge in [-0.05, 0) is 55.5 Å². The second kappa shape index (κ2) is 5.87. The van der Waals surface area contributed by atoms with Crippen molar-refractivity contribution in [2.24, 2.45) is 0 Å². The van der Waals surface area contributed by atoms with E-state index in [4.69, 9.17) is 11.5 Å². The second-order valence-corrected chi connectivity index (χ2v) is 5.01. The average molecular weight is 271 g/mol. The molecule has 1 rings (SSSR count). The fourth-order valence-corrected chi connectivity index (χ4v) is 2.30. The molecule has 0 aliphatic rings. The number of hydrogen-bond donors (Lipinski definition) is 3. The third-order valence-corrected chi connectivity index (χ3v) is 3.91. The number of rotatable bonds is 4. The standard InChI is InChI=1S/C17H25N3/c1-8-9(2)10(3)14-11(4)16(18)17(19)12(5)15(14)13(6)20-7/h8,20H,3,6,18-19H2,1-2,4-5,7H3/b9-8-. The third-order valence-electron chi connectivity index (χ3n) is 3.91. The molecule has 0 aliphatic carbocycles. The van der Waals surface area contributed by atoms with Crippen LogP contribution in [0.1, 0.15) is 36.1 Å². The molecule has 0 aromatic heterocycles. The van der Waals surface area contributed by atoms with Crippen molar-refractivity contribution in [3.8, 4) is 0 Å². The smallest absolute Gasteiger partial charge is 0.0587 e. The highest BCUT2D eigenvalue weighted by Gasteiger charge is 2.20. The highest BCUT2D eigenvalue weighted by molar-refractivity contribution is 5.93. The van der Waals surface area contributed by atoms with E-state index in [0.717, 1.165) is 39.1 Å². The number of allylic oxidation sites excluding steroid dienone is 3. The highest BCUT2D eigenvalue weighted by atomic mass is 14.8. The van der Waals surface area contributed by atoms with E-state index in [0.29, 0.717) is 11.4 Å². The molecule has 0 aliphatic heterocycles. The zero-order valence-corrected chi connectivity index (χ0v) is 13.1. The van der Waals surface area contributed by atoms with Crippen LogP contribution < -0.4 is 16.8 Å². The molecular weight excluding hydrogens is 246 g/mol. The summed E-state index contributed by atoms with van der Waals surface area (Å²) in [6, 6.07) is 0. The van der Waals surface area contributed by atoms with Crippen molar-refractivity contribution < 1.29 is 0 Å². The zero-order valence-electron chi connectivity index (χ0n) is 13.1. The number of nitrogens with one attached hydrogen (secondary N) is 1. The lowest BCUT2D eigenvalue weighted by Crippen LogP contribution is -2.13. The lowest BCUT2D eigenvalue weighted by molar-refractivity contribution is 1.12. The summed E-state index contributed by atoms with van der Waals surface area (Å²) in [4.78, 5) is 0. The second-order valence-electron chi connectivity index (χ2n) is 5.01. The third kappa shape index (κ3) is 2.44. The molecule has 0 radical (unpaired) electrons. The Kier molecular flexibility index (Phi) is 4.66. The van der Waals surface area contributed by atoms with Gasteiger partial charge in [0.25, 0.3) is 0 Å². The largest absolute Gasteiger partial charge is 0.397 e. The van der Waals surface area contributed by atoms with Gasteiger partial charge in [0, 0.05) is 18.3 Å². The Morgan fingerprint density at radius 2 is 1.50 bits per heavy atom. The topological polar surface area (TPSA) is 64.1 Å². The molecular formula is C17H25N3. The predicted molar refractivity (Wildman–Crippen MR) is 91.3 cm³/mol. The fourth-order valence-electron chi connectivity index (χ4n) is 2.30. The van der Waals surface area contributed by atoms with Gasteiger partial charge in [0.05, 0.1) is 11.4 Å². The maximum atomic E-state index is 6.14. The Balaban J connectivity index is 3.81. The molecule has 0 unspecified atom stereocenters. The van der Waals surface area contributed by atoms with Crippen LogP contribution in [-0.2, 0) is 0 Å². The van der Waals surface area contributed by atoms with E-state index in [1.54, 1.807) is 0 Å². The number of hydrogen-bond acceptors (Lipinski definition) is 3. The van der Waals surface area contributed by atoms with E-state index < -0.39 is 0 Å². The van der Waals surface area contributed by atoms with Crippen LogP contribution in [0.2, 0.25) is 0 Å². The Morgan fingerprint density at radius 1 is 1.05 bits per heavy atom. The number of benzene rings is 1. The van der Waals surface area contributed by atoms with E-state index in [1.165, 1.54) is 0 Å². The molecule has 0 saturated heterocycles. The predicted octanol–water partition coefficient (Wildman–Crippen LogP) is 3.64. The SMILES string of the molecule is C=C(NC)c1c(C)c(N)c(N)c(C)c1C(=C)/C(C)=C\C. The monoisotopic (exact) mass is 271 g/mol. The first kappa shape index (κ1) is 15.9. The molecule has 0 saturated carbocycles. The van der Waals surface area contributed by atoms with Crippen LogP contribution in [-0.4, -0.2) is 7.05 Å². The van der Waals surface area contributed by atoms with E-state index in [1.807, 2.05) is 40.8 Å². The zero-order chi connectivity index (χ0) is 15.6. The molecule has 1 aromatic carbocycles. The van der Waals surface area contributed by atoms with Crippen LogP contribution in [0.15, 0.2) is 24.8 Å². The van der Waals surface area contributed by atoms with Gasteiger partial charge in [-0.3, -0.25) is 0 Å². The van der Waals surface area contributed by atoms with Crippen LogP contribution in [0.4, 0.5) is 11.4 Å². The molecule has 0 heterocycles. The maximum Gasteiger partial charge on any atom is 0.0587 e. The van der Waals surface area contributed by atoms with Crippen LogP contribution >= 0.6 is 0 Å². The van der Waals surface area contributed by atoms with Crippen LogP contribution in [0.5, 0.6) is 0 Å². The van der Waals surface area contributed by atoms with Gasteiger partial charge < -0.3 is 16.8 Å². The molecule has 0 atom stereocenters. The molecule has 0 amide bonds. The molecule has 108 valence electrons. The summed E-state index contributed by atoms with van der Waals surface area (Å²) >= 11 is 0. The molecule has 1 aromatic rings. The van der Waals surface area contributed by atoms with Gasteiger partial charge >= 0.3 is 0 Å². The van der Waals surface area contributed by atoms with Crippen molar-refractivity contribution in [1.82, 2.24) is 5.32 Å². The Bertz CT molecular complexity index is 607. The normalized spacial score (nSPS) is 11.3. The Hall–Kier alpha value is -2.16. The van der Waals surface area contributed by atoms with Gasteiger partial charge in [-0.15, -0.1) is 0 Å². The molecule has 0 bridgehead atoms. The lowest BCUT2D eigenvalue weighted by Gasteiger charge is -2.23. The summed E-state index contributed by atoms with van der Waals surface area (Å²) in [5.74, 6) is 0. The van der Waals surface area contributed by atoms with Gasteiger partial charge in [-0.1, -0.05) is 19.2 Å². The van der Waals surface area contributed by atoms with Gasteiger partial charge in [-0.2, -0.15) is 0 Å². The highest BCUT2D eigenvalue weighted by Crippen LogP contribution is 2.39. The van der Waals surface area contributed by atoms with Gasteiger partial charge in [-0.25, -0.2) is 0 Å². The first-order valence-corrected chi connectivity index (χ1v) is 6.65. The quantitative estimate of drug-likeness (QED) is 0.578. The molecule has 5 N–H and O–H groups in total. The van der Waals surface area contributed by atoms with Crippen molar-refractivity contribution in [3.63, 3.8) is 0 Å². The van der Waals surface area contributed by atoms with E-state index in [2.05, 4.69) is 18.5 Å². The molecule has 3 nitrogen and oxygen atoms in total. The lowest BCUT2D eigenvalue weighted by atomic mass is 9.86. The summed E-state index contributed by atoms with van der Waals surface area (Å²) < 4.78 is 0. The van der Waals surface area contributed by atoms with Crippen LogP contribution in [0, 0.1) is 13.8 Å². The van der Waals surface area contributed by atoms with Crippen molar-refractivity contribution in [2.45, 2.75) is 27.7 Å². The summed E-state index contributed by atoms with van der Waals surface area (Å²) in [6.07, 6.45) is 2.04. The van der Waals surface area contributed by atoms with Gasteiger partial charge in [0.15, 0.2) is 0 Å². The Morgan fingerprint density at radius 3 is 1.90 bits per heavy atom. The minimum Gasteiger partial charge on any atom is -0.397 e. The van der Waals surface area contributed by atoms with Crippen LogP contribution in [0.3, 0.4) is 0 Å². The number of nitrogens with two attached hydrogens (primary N) is 2. The van der Waals surface area contributed by atoms with Gasteiger partial charge in [0.1, 0.15) is 0 Å². The van der Waals surface area contributed by atoms with Crippen LogP contribution in [0.25, 0.3) is 11.3 Å². The summed E-state index contributed by atoms with van der Waals surface area (Å²) in [5, 5.41) is 3.10. The van der Waals surface area contributed by atoms with E-state index in [-0.39, 0.29) is 0 Å². The molecule has 0 spiro atoms. The average Bonchev–Trinajstić information content (AvgIpc) is 2.46. The fraction of sp³-hybridized carbons (Fsp3) is 0.294. The summed E-state index contributed by atoms with van der Waals surface area (Å²) in [5.41, 5.74) is 20.3. The first-order chi connectivity index (χ1) is 9.27. The number of nitrogen functional groups attached to an aromatic ring is 2. The van der Waals surface area contributed by atoms with Crippen molar-refractivity contribution >= 4 is 22.6 Å². The molecule has 0 fully saturated rings. The van der Waals surface area contributed by atoms with Crippen molar-refractivity contribution in [3.05, 3.63) is 47.1 Å². The summed E-state index contributed by atoms with van der Waals surface area (Å²) in [7, 11) is 1.85. The van der Waals surface area contributed by atoms with E-state index in [9.17, 15) is 0 Å². The molecule has 3 heteroatoms. The number of anilines is 2.